The van der Waals surface area contributed by atoms with E-state index in [1.54, 1.807) is 6.07 Å². The molecular weight excluding hydrogens is 264 g/mol. The second kappa shape index (κ2) is 7.34. The van der Waals surface area contributed by atoms with Gasteiger partial charge < -0.3 is 9.73 Å². The smallest absolute Gasteiger partial charge is 0.277 e. The van der Waals surface area contributed by atoms with Gasteiger partial charge in [-0.15, -0.1) is 6.42 Å². The van der Waals surface area contributed by atoms with E-state index in [0.717, 1.165) is 6.54 Å². The molecule has 1 rings (SSSR count). The number of nitrogens with zero attached hydrogens (tertiary/aromatic N) is 1. The summed E-state index contributed by atoms with van der Waals surface area (Å²) in [6.07, 6.45) is 5.91. The van der Waals surface area contributed by atoms with Crippen molar-refractivity contribution in [1.82, 2.24) is 9.62 Å². The Morgan fingerprint density at radius 1 is 1.42 bits per heavy atom. The molecule has 1 aromatic heterocycles. The first-order chi connectivity index (χ1) is 9.06. The zero-order chi connectivity index (χ0) is 14.3. The highest BCUT2D eigenvalue weighted by Crippen LogP contribution is 2.18. The van der Waals surface area contributed by atoms with Gasteiger partial charge in [0, 0.05) is 6.54 Å². The lowest BCUT2D eigenvalue weighted by Gasteiger charge is -2.17. The number of hydrogen-bond acceptors (Lipinski definition) is 4. The van der Waals surface area contributed by atoms with Crippen LogP contribution < -0.4 is 5.32 Å². The van der Waals surface area contributed by atoms with Crippen molar-refractivity contribution in [2.75, 3.05) is 19.6 Å². The largest absolute Gasteiger partial charge is 0.447 e. The fourth-order valence-electron chi connectivity index (χ4n) is 1.60. The molecular formula is C13H20N2O3S. The van der Waals surface area contributed by atoms with E-state index in [4.69, 9.17) is 10.8 Å². The van der Waals surface area contributed by atoms with Gasteiger partial charge >= 0.3 is 0 Å². The van der Waals surface area contributed by atoms with Crippen LogP contribution in [0.5, 0.6) is 0 Å². The van der Waals surface area contributed by atoms with Gasteiger partial charge in [-0.05, 0) is 25.1 Å². The van der Waals surface area contributed by atoms with Gasteiger partial charge in [0.15, 0.2) is 0 Å². The number of terminal acetylenes is 1. The minimum absolute atomic E-state index is 0.0518. The van der Waals surface area contributed by atoms with E-state index in [1.165, 1.54) is 10.4 Å². The maximum absolute atomic E-state index is 12.3. The van der Waals surface area contributed by atoms with Gasteiger partial charge in [-0.25, -0.2) is 8.42 Å². The SMILES string of the molecule is C#CCN(CCC)S(=O)(=O)c1ccc(CNCC)o1. The molecule has 0 aliphatic carbocycles. The number of sulfonamides is 1. The molecule has 0 unspecified atom stereocenters. The maximum atomic E-state index is 12.3. The summed E-state index contributed by atoms with van der Waals surface area (Å²) in [5, 5.41) is 3.02. The van der Waals surface area contributed by atoms with Crippen LogP contribution in [-0.2, 0) is 16.6 Å². The van der Waals surface area contributed by atoms with Gasteiger partial charge in [-0.1, -0.05) is 19.8 Å². The first-order valence-electron chi connectivity index (χ1n) is 6.29. The summed E-state index contributed by atoms with van der Waals surface area (Å²) >= 11 is 0. The van der Waals surface area contributed by atoms with Crippen LogP contribution in [0.3, 0.4) is 0 Å². The third kappa shape index (κ3) is 4.10. The van der Waals surface area contributed by atoms with Crippen molar-refractivity contribution in [3.63, 3.8) is 0 Å². The summed E-state index contributed by atoms with van der Waals surface area (Å²) in [6, 6.07) is 3.14. The standard InChI is InChI=1S/C13H20N2O3S/c1-4-9-15(10-5-2)19(16,17)13-8-7-12(18-13)11-14-6-3/h1,7-8,14H,5-6,9-11H2,2-3H3. The van der Waals surface area contributed by atoms with Crippen LogP contribution in [0.15, 0.2) is 21.6 Å². The first-order valence-corrected chi connectivity index (χ1v) is 7.73. The fourth-order valence-corrected chi connectivity index (χ4v) is 2.98. The Balaban J connectivity index is 2.91. The van der Waals surface area contributed by atoms with Gasteiger partial charge in [-0.3, -0.25) is 0 Å². The Kier molecular flexibility index (Phi) is 6.09. The fraction of sp³-hybridized carbons (Fsp3) is 0.538. The van der Waals surface area contributed by atoms with E-state index in [9.17, 15) is 8.42 Å². The van der Waals surface area contributed by atoms with E-state index < -0.39 is 10.0 Å². The van der Waals surface area contributed by atoms with Gasteiger partial charge in [0.2, 0.25) is 5.09 Å². The molecule has 19 heavy (non-hydrogen) atoms. The van der Waals surface area contributed by atoms with Crippen LogP contribution >= 0.6 is 0 Å². The average Bonchev–Trinajstić information content (AvgIpc) is 2.85. The summed E-state index contributed by atoms with van der Waals surface area (Å²) in [7, 11) is -3.63. The van der Waals surface area contributed by atoms with Crippen molar-refractivity contribution in [1.29, 1.82) is 0 Å². The predicted octanol–water partition coefficient (Wildman–Crippen LogP) is 1.42. The van der Waals surface area contributed by atoms with Crippen molar-refractivity contribution >= 4 is 10.0 Å². The number of furan rings is 1. The molecule has 0 saturated heterocycles. The monoisotopic (exact) mass is 284 g/mol. The summed E-state index contributed by atoms with van der Waals surface area (Å²) in [5.74, 6) is 2.96. The summed E-state index contributed by atoms with van der Waals surface area (Å²) in [5.41, 5.74) is 0. The van der Waals surface area contributed by atoms with E-state index in [1.807, 2.05) is 13.8 Å². The van der Waals surface area contributed by atoms with Gasteiger partial charge in [0.05, 0.1) is 13.1 Å². The molecule has 1 heterocycles. The lowest BCUT2D eigenvalue weighted by molar-refractivity contribution is 0.375. The molecule has 0 bridgehead atoms. The van der Waals surface area contributed by atoms with E-state index in [-0.39, 0.29) is 11.6 Å². The Hall–Kier alpha value is -1.29. The van der Waals surface area contributed by atoms with Crippen molar-refractivity contribution in [2.24, 2.45) is 0 Å². The Labute approximate surface area is 115 Å². The van der Waals surface area contributed by atoms with Gasteiger partial charge in [0.25, 0.3) is 10.0 Å². The van der Waals surface area contributed by atoms with Crippen molar-refractivity contribution in [2.45, 2.75) is 31.9 Å². The topological polar surface area (TPSA) is 62.6 Å². The van der Waals surface area contributed by atoms with Gasteiger partial charge in [0.1, 0.15) is 5.76 Å². The highest BCUT2D eigenvalue weighted by Gasteiger charge is 2.26. The lowest BCUT2D eigenvalue weighted by atomic mass is 10.4. The highest BCUT2D eigenvalue weighted by molar-refractivity contribution is 7.89. The van der Waals surface area contributed by atoms with E-state index in [0.29, 0.717) is 25.3 Å². The molecule has 0 aromatic carbocycles. The molecule has 0 aliphatic heterocycles. The zero-order valence-corrected chi connectivity index (χ0v) is 12.2. The van der Waals surface area contributed by atoms with Crippen molar-refractivity contribution < 1.29 is 12.8 Å². The summed E-state index contributed by atoms with van der Waals surface area (Å²) < 4.78 is 31.2. The number of nitrogens with one attached hydrogen (secondary N) is 1. The molecule has 1 aromatic rings. The van der Waals surface area contributed by atoms with E-state index >= 15 is 0 Å². The third-order valence-corrected chi connectivity index (χ3v) is 4.24. The predicted molar refractivity (Wildman–Crippen MR) is 74.0 cm³/mol. The van der Waals surface area contributed by atoms with E-state index in [2.05, 4.69) is 11.2 Å². The molecule has 0 spiro atoms. The first kappa shape index (κ1) is 15.8. The summed E-state index contributed by atoms with van der Waals surface area (Å²) in [4.78, 5) is 0. The Morgan fingerprint density at radius 2 is 2.16 bits per heavy atom. The van der Waals surface area contributed by atoms with Crippen LogP contribution in [-0.4, -0.2) is 32.4 Å². The lowest BCUT2D eigenvalue weighted by Crippen LogP contribution is -2.32. The van der Waals surface area contributed by atoms with Crippen LogP contribution in [0.4, 0.5) is 0 Å². The molecule has 0 amide bonds. The van der Waals surface area contributed by atoms with Crippen LogP contribution in [0.1, 0.15) is 26.0 Å². The Bertz CT molecular complexity index is 528. The third-order valence-electron chi connectivity index (χ3n) is 2.52. The molecule has 0 atom stereocenters. The second-order valence-electron chi connectivity index (χ2n) is 4.04. The van der Waals surface area contributed by atoms with Crippen LogP contribution in [0, 0.1) is 12.3 Å². The van der Waals surface area contributed by atoms with Crippen LogP contribution in [0.2, 0.25) is 0 Å². The molecule has 6 heteroatoms. The molecule has 0 fully saturated rings. The summed E-state index contributed by atoms with van der Waals surface area (Å²) in [6.45, 7) is 5.61. The minimum atomic E-state index is -3.63. The zero-order valence-electron chi connectivity index (χ0n) is 11.3. The van der Waals surface area contributed by atoms with Crippen molar-refractivity contribution in [3.8, 4) is 12.3 Å². The molecule has 0 saturated carbocycles. The second-order valence-corrected chi connectivity index (χ2v) is 5.91. The maximum Gasteiger partial charge on any atom is 0.277 e. The molecule has 106 valence electrons. The minimum Gasteiger partial charge on any atom is -0.447 e. The Morgan fingerprint density at radius 3 is 2.74 bits per heavy atom. The van der Waals surface area contributed by atoms with Crippen LogP contribution in [0.25, 0.3) is 0 Å². The normalized spacial score (nSPS) is 11.7. The average molecular weight is 284 g/mol. The quantitative estimate of drug-likeness (QED) is 0.733. The molecule has 0 aliphatic rings. The molecule has 5 nitrogen and oxygen atoms in total. The highest BCUT2D eigenvalue weighted by atomic mass is 32.2. The molecule has 0 radical (unpaired) electrons. The number of rotatable bonds is 8. The van der Waals surface area contributed by atoms with Crippen molar-refractivity contribution in [3.05, 3.63) is 17.9 Å². The van der Waals surface area contributed by atoms with Gasteiger partial charge in [-0.2, -0.15) is 4.31 Å². The molecule has 1 N–H and O–H groups in total. The number of hydrogen-bond donors (Lipinski definition) is 1.